The highest BCUT2D eigenvalue weighted by Crippen LogP contribution is 2.46. The van der Waals surface area contributed by atoms with Gasteiger partial charge in [-0.1, -0.05) is 121 Å². The van der Waals surface area contributed by atoms with Crippen molar-refractivity contribution in [3.63, 3.8) is 0 Å². The first kappa shape index (κ1) is 31.1. The lowest BCUT2D eigenvalue weighted by Gasteiger charge is -2.14. The predicted octanol–water partition coefficient (Wildman–Crippen LogP) is 13.6. The lowest BCUT2D eigenvalue weighted by molar-refractivity contribution is 0.670. The van der Waals surface area contributed by atoms with E-state index in [0.29, 0.717) is 0 Å². The fourth-order valence-corrected chi connectivity index (χ4v) is 8.20. The van der Waals surface area contributed by atoms with Gasteiger partial charge in [0, 0.05) is 62.2 Å². The van der Waals surface area contributed by atoms with E-state index in [0.717, 1.165) is 110 Å². The Bertz CT molecular complexity index is 3250. The second-order valence-corrected chi connectivity index (χ2v) is 14.0. The molecular weight excluding hydrogens is 671 g/mol. The van der Waals surface area contributed by atoms with Gasteiger partial charge < -0.3 is 4.42 Å². The summed E-state index contributed by atoms with van der Waals surface area (Å²) in [5.74, 6) is 0. The summed E-state index contributed by atoms with van der Waals surface area (Å²) in [6, 6.07) is 59.9. The molecule has 0 radical (unpaired) electrons. The number of nitrogens with zero attached hydrogens (tertiary/aromatic N) is 3. The van der Waals surface area contributed by atoms with Gasteiger partial charge in [0.05, 0.1) is 16.6 Å². The van der Waals surface area contributed by atoms with Gasteiger partial charge in [0.2, 0.25) is 0 Å². The van der Waals surface area contributed by atoms with Crippen LogP contribution < -0.4 is 0 Å². The van der Waals surface area contributed by atoms with Crippen molar-refractivity contribution < 1.29 is 4.42 Å². The molecule has 7 aromatic carbocycles. The van der Waals surface area contributed by atoms with Gasteiger partial charge in [-0.05, 0) is 87.5 Å². The van der Waals surface area contributed by atoms with Gasteiger partial charge in [-0.3, -0.25) is 15.0 Å². The normalized spacial score (nSPS) is 11.6. The quantitative estimate of drug-likeness (QED) is 0.168. The predicted molar refractivity (Wildman–Crippen MR) is 227 cm³/mol. The maximum Gasteiger partial charge on any atom is 0.143 e. The Kier molecular flexibility index (Phi) is 7.14. The van der Waals surface area contributed by atoms with Crippen molar-refractivity contribution in [3.8, 4) is 55.6 Å². The zero-order valence-electron chi connectivity index (χ0n) is 29.6. The highest BCUT2D eigenvalue weighted by Gasteiger charge is 2.21. The first-order valence-corrected chi connectivity index (χ1v) is 18.5. The third-order valence-corrected chi connectivity index (χ3v) is 10.8. The minimum Gasteiger partial charge on any atom is -0.455 e. The molecule has 0 amide bonds. The maximum absolute atomic E-state index is 6.99. The van der Waals surface area contributed by atoms with Crippen LogP contribution in [-0.4, -0.2) is 15.0 Å². The van der Waals surface area contributed by atoms with Crippen molar-refractivity contribution in [1.29, 1.82) is 0 Å². The zero-order chi connectivity index (χ0) is 36.3. The number of para-hydroxylation sites is 1. The Hall–Kier alpha value is -7.43. The van der Waals surface area contributed by atoms with E-state index in [9.17, 15) is 0 Å². The minimum atomic E-state index is 0.855. The van der Waals surface area contributed by atoms with E-state index in [1.807, 2.05) is 30.7 Å². The average molecular weight is 702 g/mol. The van der Waals surface area contributed by atoms with Crippen LogP contribution in [0.3, 0.4) is 0 Å². The largest absolute Gasteiger partial charge is 0.455 e. The summed E-state index contributed by atoms with van der Waals surface area (Å²) in [5.41, 5.74) is 15.3. The van der Waals surface area contributed by atoms with Crippen LogP contribution in [-0.2, 0) is 0 Å². The summed E-state index contributed by atoms with van der Waals surface area (Å²) in [6.45, 7) is 0. The number of fused-ring (bicyclic) bond motifs is 7. The minimum absolute atomic E-state index is 0.855. The van der Waals surface area contributed by atoms with Crippen molar-refractivity contribution >= 4 is 54.6 Å². The van der Waals surface area contributed by atoms with E-state index in [-0.39, 0.29) is 0 Å². The number of hydrogen-bond acceptors (Lipinski definition) is 4. The molecule has 0 fully saturated rings. The summed E-state index contributed by atoms with van der Waals surface area (Å²) in [7, 11) is 0. The Balaban J connectivity index is 1.20. The van der Waals surface area contributed by atoms with E-state index in [4.69, 9.17) is 14.4 Å². The molecule has 4 nitrogen and oxygen atoms in total. The van der Waals surface area contributed by atoms with Crippen molar-refractivity contribution in [2.45, 2.75) is 0 Å². The van der Waals surface area contributed by atoms with Crippen LogP contribution >= 0.6 is 0 Å². The van der Waals surface area contributed by atoms with Gasteiger partial charge in [0.25, 0.3) is 0 Å². The molecule has 0 saturated heterocycles. The molecule has 11 aromatic rings. The topological polar surface area (TPSA) is 51.8 Å². The summed E-state index contributed by atoms with van der Waals surface area (Å²) >= 11 is 0. The molecule has 0 spiro atoms. The first-order valence-electron chi connectivity index (χ1n) is 18.5. The van der Waals surface area contributed by atoms with Gasteiger partial charge in [-0.15, -0.1) is 0 Å². The number of rotatable bonds is 5. The van der Waals surface area contributed by atoms with Crippen LogP contribution in [0.25, 0.3) is 110 Å². The molecule has 0 atom stereocenters. The van der Waals surface area contributed by atoms with Gasteiger partial charge >= 0.3 is 0 Å². The zero-order valence-corrected chi connectivity index (χ0v) is 29.6. The third kappa shape index (κ3) is 5.19. The number of hydrogen-bond donors (Lipinski definition) is 0. The van der Waals surface area contributed by atoms with E-state index < -0.39 is 0 Å². The number of pyridine rings is 3. The number of aromatic nitrogens is 3. The number of furan rings is 1. The van der Waals surface area contributed by atoms with E-state index in [1.54, 1.807) is 0 Å². The molecule has 0 bridgehead atoms. The van der Waals surface area contributed by atoms with Crippen molar-refractivity contribution in [2.75, 3.05) is 0 Å². The molecule has 0 aliphatic rings. The van der Waals surface area contributed by atoms with Crippen molar-refractivity contribution in [3.05, 3.63) is 188 Å². The number of benzene rings is 7. The molecule has 4 heteroatoms. The fourth-order valence-electron chi connectivity index (χ4n) is 8.20. The first-order chi connectivity index (χ1) is 27.3. The van der Waals surface area contributed by atoms with Gasteiger partial charge in [-0.25, -0.2) is 0 Å². The molecule has 4 aromatic heterocycles. The molecule has 4 heterocycles. The van der Waals surface area contributed by atoms with Crippen LogP contribution in [0.1, 0.15) is 0 Å². The standard InChI is InChI=1S/C51H31N3O/c1-3-11-32(12-4-1)41-18-8-20-45-46(41)47-42(33-13-5-2-6-14-33)23-24-44(51(47)55-45)39-29-37(28-38(30-39)43-19-7-15-34-16-9-25-52-48(34)43)40-27-36-22-21-35-17-10-26-53-49(35)50(36)54-31-40/h1-31H. The molecular formula is C51H31N3O. The monoisotopic (exact) mass is 701 g/mol. The summed E-state index contributed by atoms with van der Waals surface area (Å²) < 4.78 is 6.99. The molecule has 55 heavy (non-hydrogen) atoms. The summed E-state index contributed by atoms with van der Waals surface area (Å²) in [4.78, 5) is 14.5. The third-order valence-electron chi connectivity index (χ3n) is 10.8. The second-order valence-electron chi connectivity index (χ2n) is 14.0. The van der Waals surface area contributed by atoms with E-state index in [2.05, 4.69) is 163 Å². The summed E-state index contributed by atoms with van der Waals surface area (Å²) in [5, 5.41) is 5.43. The van der Waals surface area contributed by atoms with Crippen molar-refractivity contribution in [2.24, 2.45) is 0 Å². The molecule has 0 N–H and O–H groups in total. The molecule has 11 rings (SSSR count). The Labute approximate surface area is 317 Å². The molecule has 0 saturated carbocycles. The SMILES string of the molecule is c1ccc(-c2cccc3oc4c(-c5cc(-c6cnc7c(ccc8cccnc87)c6)cc(-c6cccc7cccnc67)c5)ccc(-c5ccccc5)c4c23)cc1. The average Bonchev–Trinajstić information content (AvgIpc) is 3.66. The highest BCUT2D eigenvalue weighted by atomic mass is 16.3. The van der Waals surface area contributed by atoms with Crippen LogP contribution in [0.5, 0.6) is 0 Å². The Morgan fingerprint density at radius 2 is 0.909 bits per heavy atom. The maximum atomic E-state index is 6.99. The lowest BCUT2D eigenvalue weighted by atomic mass is 9.89. The van der Waals surface area contributed by atoms with Gasteiger partial charge in [0.15, 0.2) is 0 Å². The molecule has 0 aliphatic heterocycles. The van der Waals surface area contributed by atoms with E-state index in [1.165, 1.54) is 0 Å². The lowest BCUT2D eigenvalue weighted by Crippen LogP contribution is -1.91. The summed E-state index contributed by atoms with van der Waals surface area (Å²) in [6.07, 6.45) is 5.67. The Morgan fingerprint density at radius 1 is 0.327 bits per heavy atom. The fraction of sp³-hybridized carbons (Fsp3) is 0. The molecule has 0 unspecified atom stereocenters. The smallest absolute Gasteiger partial charge is 0.143 e. The van der Waals surface area contributed by atoms with Crippen LogP contribution in [0.15, 0.2) is 193 Å². The van der Waals surface area contributed by atoms with Gasteiger partial charge in [0.1, 0.15) is 11.2 Å². The molecule has 256 valence electrons. The van der Waals surface area contributed by atoms with E-state index >= 15 is 0 Å². The second kappa shape index (κ2) is 12.6. The Morgan fingerprint density at radius 3 is 1.69 bits per heavy atom. The highest BCUT2D eigenvalue weighted by molar-refractivity contribution is 6.21. The molecule has 0 aliphatic carbocycles. The van der Waals surface area contributed by atoms with Crippen LogP contribution in [0, 0.1) is 0 Å². The van der Waals surface area contributed by atoms with Crippen molar-refractivity contribution in [1.82, 2.24) is 15.0 Å². The van der Waals surface area contributed by atoms with Crippen LogP contribution in [0.4, 0.5) is 0 Å². The van der Waals surface area contributed by atoms with Gasteiger partial charge in [-0.2, -0.15) is 0 Å². The van der Waals surface area contributed by atoms with Crippen LogP contribution in [0.2, 0.25) is 0 Å².